The molecule has 0 atom stereocenters. The maximum atomic E-state index is 11.9. The van der Waals surface area contributed by atoms with Crippen molar-refractivity contribution < 1.29 is 14.3 Å². The van der Waals surface area contributed by atoms with Crippen LogP contribution in [0.15, 0.2) is 30.9 Å². The molecule has 0 spiro atoms. The van der Waals surface area contributed by atoms with Crippen molar-refractivity contribution in [3.05, 3.63) is 36.4 Å². The van der Waals surface area contributed by atoms with Gasteiger partial charge in [0.15, 0.2) is 0 Å². The van der Waals surface area contributed by atoms with Gasteiger partial charge >= 0.3 is 0 Å². The molecule has 1 aromatic rings. The molecule has 0 aromatic heterocycles. The average Bonchev–Trinajstić information content (AvgIpc) is 2.36. The minimum Gasteiger partial charge on any atom is -0.489 e. The van der Waals surface area contributed by atoms with Crippen molar-refractivity contribution in [2.75, 3.05) is 18.5 Å². The Morgan fingerprint density at radius 2 is 2.16 bits per heavy atom. The van der Waals surface area contributed by atoms with Crippen molar-refractivity contribution in [2.24, 2.45) is 0 Å². The van der Waals surface area contributed by atoms with Crippen LogP contribution in [-0.2, 0) is 4.79 Å². The molecule has 0 fully saturated rings. The lowest BCUT2D eigenvalue weighted by Crippen LogP contribution is -2.23. The first-order valence-electron chi connectivity index (χ1n) is 6.02. The van der Waals surface area contributed by atoms with E-state index in [0.717, 1.165) is 0 Å². The molecule has 19 heavy (non-hydrogen) atoms. The zero-order valence-corrected chi connectivity index (χ0v) is 11.2. The minimum atomic E-state index is -0.242. The number of hydrogen-bond donors (Lipinski definition) is 2. The maximum absolute atomic E-state index is 11.9. The van der Waals surface area contributed by atoms with Crippen LogP contribution in [0.2, 0.25) is 0 Å². The first-order chi connectivity index (χ1) is 9.08. The van der Waals surface area contributed by atoms with Crippen molar-refractivity contribution in [2.45, 2.75) is 13.8 Å². The van der Waals surface area contributed by atoms with E-state index in [2.05, 4.69) is 17.2 Å². The lowest BCUT2D eigenvalue weighted by atomic mass is 10.1. The number of carbonyl (C=O) groups is 2. The van der Waals surface area contributed by atoms with E-state index in [1.54, 1.807) is 24.3 Å². The second-order valence-corrected chi connectivity index (χ2v) is 3.85. The van der Waals surface area contributed by atoms with Crippen molar-refractivity contribution >= 4 is 17.5 Å². The summed E-state index contributed by atoms with van der Waals surface area (Å²) in [4.78, 5) is 23.0. The highest BCUT2D eigenvalue weighted by Gasteiger charge is 2.13. The highest BCUT2D eigenvalue weighted by atomic mass is 16.5. The molecule has 0 bridgehead atoms. The fourth-order valence-corrected chi connectivity index (χ4v) is 1.52. The quantitative estimate of drug-likeness (QED) is 0.770. The van der Waals surface area contributed by atoms with Gasteiger partial charge in [-0.05, 0) is 25.1 Å². The molecule has 0 saturated heterocycles. The molecule has 5 nitrogen and oxygen atoms in total. The minimum absolute atomic E-state index is 0.193. The van der Waals surface area contributed by atoms with E-state index in [-0.39, 0.29) is 11.8 Å². The molecule has 0 saturated carbocycles. The third-order valence-corrected chi connectivity index (χ3v) is 2.24. The standard InChI is InChI=1S/C14H18N2O3/c1-4-8-19-13-7-6-11(16-10(3)17)9-12(13)14(18)15-5-2/h4,6-7,9H,1,5,8H2,2-3H3,(H,15,18)(H,16,17). The fraction of sp³-hybridized carbons (Fsp3) is 0.286. The molecule has 0 aliphatic carbocycles. The van der Waals surface area contributed by atoms with E-state index < -0.39 is 0 Å². The van der Waals surface area contributed by atoms with Gasteiger partial charge in [0.05, 0.1) is 5.56 Å². The van der Waals surface area contributed by atoms with E-state index >= 15 is 0 Å². The van der Waals surface area contributed by atoms with Gasteiger partial charge in [-0.3, -0.25) is 9.59 Å². The molecular weight excluding hydrogens is 244 g/mol. The monoisotopic (exact) mass is 262 g/mol. The molecule has 1 rings (SSSR count). The maximum Gasteiger partial charge on any atom is 0.255 e. The number of ether oxygens (including phenoxy) is 1. The molecular formula is C14H18N2O3. The van der Waals surface area contributed by atoms with Crippen LogP contribution in [0.4, 0.5) is 5.69 Å². The van der Waals surface area contributed by atoms with E-state index in [9.17, 15) is 9.59 Å². The van der Waals surface area contributed by atoms with Gasteiger partial charge in [0, 0.05) is 19.2 Å². The van der Waals surface area contributed by atoms with Crippen LogP contribution >= 0.6 is 0 Å². The van der Waals surface area contributed by atoms with Gasteiger partial charge in [-0.15, -0.1) is 0 Å². The van der Waals surface area contributed by atoms with Crippen molar-refractivity contribution in [3.63, 3.8) is 0 Å². The Morgan fingerprint density at radius 3 is 2.74 bits per heavy atom. The summed E-state index contributed by atoms with van der Waals surface area (Å²) in [6.07, 6.45) is 1.60. The van der Waals surface area contributed by atoms with Crippen LogP contribution in [0, 0.1) is 0 Å². The SMILES string of the molecule is C=CCOc1ccc(NC(C)=O)cc1C(=O)NCC. The summed E-state index contributed by atoms with van der Waals surface area (Å²) in [6.45, 7) is 7.63. The van der Waals surface area contributed by atoms with Crippen LogP contribution in [-0.4, -0.2) is 25.0 Å². The largest absolute Gasteiger partial charge is 0.489 e. The lowest BCUT2D eigenvalue weighted by molar-refractivity contribution is -0.114. The zero-order chi connectivity index (χ0) is 14.3. The number of anilines is 1. The van der Waals surface area contributed by atoms with Crippen LogP contribution in [0.25, 0.3) is 0 Å². The normalized spacial score (nSPS) is 9.58. The Labute approximate surface area is 112 Å². The van der Waals surface area contributed by atoms with Gasteiger partial charge in [-0.2, -0.15) is 0 Å². The number of hydrogen-bond acceptors (Lipinski definition) is 3. The predicted octanol–water partition coefficient (Wildman–Crippen LogP) is 1.96. The summed E-state index contributed by atoms with van der Waals surface area (Å²) in [5.41, 5.74) is 0.939. The van der Waals surface area contributed by atoms with Gasteiger partial charge in [-0.25, -0.2) is 0 Å². The van der Waals surface area contributed by atoms with Gasteiger partial charge in [-0.1, -0.05) is 12.7 Å². The number of nitrogens with one attached hydrogen (secondary N) is 2. The van der Waals surface area contributed by atoms with Crippen LogP contribution in [0.3, 0.4) is 0 Å². The third-order valence-electron chi connectivity index (χ3n) is 2.24. The number of carbonyl (C=O) groups excluding carboxylic acids is 2. The summed E-state index contributed by atoms with van der Waals surface area (Å²) in [5, 5.41) is 5.33. The Bertz CT molecular complexity index is 484. The molecule has 0 aliphatic heterocycles. The molecule has 2 amide bonds. The van der Waals surface area contributed by atoms with Crippen LogP contribution in [0.1, 0.15) is 24.2 Å². The van der Waals surface area contributed by atoms with Gasteiger partial charge < -0.3 is 15.4 Å². The third kappa shape index (κ3) is 4.46. The number of amides is 2. The highest BCUT2D eigenvalue weighted by Crippen LogP contribution is 2.23. The molecule has 2 N–H and O–H groups in total. The summed E-state index contributed by atoms with van der Waals surface area (Å²) in [6, 6.07) is 4.92. The summed E-state index contributed by atoms with van der Waals surface area (Å²) < 4.78 is 5.42. The first kappa shape index (κ1) is 14.8. The fourth-order valence-electron chi connectivity index (χ4n) is 1.52. The van der Waals surface area contributed by atoms with Crippen molar-refractivity contribution in [1.29, 1.82) is 0 Å². The molecule has 0 aliphatic rings. The molecule has 1 aromatic carbocycles. The van der Waals surface area contributed by atoms with E-state index in [1.165, 1.54) is 6.92 Å². The predicted molar refractivity (Wildman–Crippen MR) is 74.4 cm³/mol. The molecule has 102 valence electrons. The Morgan fingerprint density at radius 1 is 1.42 bits per heavy atom. The summed E-state index contributed by atoms with van der Waals surface area (Å²) in [7, 11) is 0. The number of rotatable bonds is 6. The second kappa shape index (κ2) is 7.20. The summed E-state index contributed by atoms with van der Waals surface area (Å²) in [5.74, 6) is 0.0234. The lowest BCUT2D eigenvalue weighted by Gasteiger charge is -2.12. The first-order valence-corrected chi connectivity index (χ1v) is 6.02. The van der Waals surface area contributed by atoms with Gasteiger partial charge in [0.2, 0.25) is 5.91 Å². The Hall–Kier alpha value is -2.30. The Kier molecular flexibility index (Phi) is 5.60. The van der Waals surface area contributed by atoms with Gasteiger partial charge in [0.25, 0.3) is 5.91 Å². The molecule has 0 unspecified atom stereocenters. The van der Waals surface area contributed by atoms with Crippen molar-refractivity contribution in [1.82, 2.24) is 5.32 Å². The summed E-state index contributed by atoms with van der Waals surface area (Å²) >= 11 is 0. The average molecular weight is 262 g/mol. The van der Waals surface area contributed by atoms with E-state index in [0.29, 0.717) is 30.2 Å². The Balaban J connectivity index is 3.05. The molecule has 0 heterocycles. The van der Waals surface area contributed by atoms with Crippen LogP contribution in [0.5, 0.6) is 5.75 Å². The van der Waals surface area contributed by atoms with Crippen molar-refractivity contribution in [3.8, 4) is 5.75 Å². The van der Waals surface area contributed by atoms with Crippen LogP contribution < -0.4 is 15.4 Å². The van der Waals surface area contributed by atoms with E-state index in [1.807, 2.05) is 6.92 Å². The smallest absolute Gasteiger partial charge is 0.255 e. The number of benzene rings is 1. The topological polar surface area (TPSA) is 67.4 Å². The zero-order valence-electron chi connectivity index (χ0n) is 11.2. The van der Waals surface area contributed by atoms with Gasteiger partial charge in [0.1, 0.15) is 12.4 Å². The molecule has 0 radical (unpaired) electrons. The second-order valence-electron chi connectivity index (χ2n) is 3.85. The van der Waals surface area contributed by atoms with E-state index in [4.69, 9.17) is 4.74 Å². The highest BCUT2D eigenvalue weighted by molar-refractivity contribution is 5.99. The molecule has 5 heteroatoms.